The van der Waals surface area contributed by atoms with E-state index >= 15 is 0 Å². The third-order valence-corrected chi connectivity index (χ3v) is 4.10. The van der Waals surface area contributed by atoms with Crippen molar-refractivity contribution in [2.45, 2.75) is 32.9 Å². The van der Waals surface area contributed by atoms with Gasteiger partial charge in [0.15, 0.2) is 0 Å². The number of hydrogen-bond acceptors (Lipinski definition) is 3. The molecular formula is C15H17F2N3OS. The predicted molar refractivity (Wildman–Crippen MR) is 81.6 cm³/mol. The van der Waals surface area contributed by atoms with Gasteiger partial charge in [-0.3, -0.25) is 0 Å². The summed E-state index contributed by atoms with van der Waals surface area (Å²) in [6.45, 7) is 3.89. The van der Waals surface area contributed by atoms with Crippen molar-refractivity contribution in [2.24, 2.45) is 0 Å². The van der Waals surface area contributed by atoms with Crippen LogP contribution in [0.2, 0.25) is 0 Å². The first kappa shape index (κ1) is 16.4. The average molecular weight is 325 g/mol. The number of thiazole rings is 1. The van der Waals surface area contributed by atoms with Gasteiger partial charge in [-0.15, -0.1) is 11.3 Å². The van der Waals surface area contributed by atoms with Crippen LogP contribution in [0.25, 0.3) is 0 Å². The predicted octanol–water partition coefficient (Wildman–Crippen LogP) is 3.68. The Morgan fingerprint density at radius 1 is 1.32 bits per heavy atom. The molecule has 2 rings (SSSR count). The molecular weight excluding hydrogens is 308 g/mol. The summed E-state index contributed by atoms with van der Waals surface area (Å²) in [6, 6.07) is 2.59. The van der Waals surface area contributed by atoms with E-state index < -0.39 is 17.7 Å². The minimum absolute atomic E-state index is 0.0494. The fraction of sp³-hybridized carbons (Fsp3) is 0.333. The summed E-state index contributed by atoms with van der Waals surface area (Å²) in [4.78, 5) is 16.3. The highest BCUT2D eigenvalue weighted by molar-refractivity contribution is 7.09. The first-order chi connectivity index (χ1) is 10.5. The molecule has 1 aromatic heterocycles. The van der Waals surface area contributed by atoms with Crippen molar-refractivity contribution in [3.8, 4) is 0 Å². The number of carbonyl (C=O) groups excluding carboxylic acids is 1. The molecule has 118 valence electrons. The Hall–Kier alpha value is -2.02. The number of rotatable bonds is 5. The van der Waals surface area contributed by atoms with Crippen LogP contribution < -0.4 is 10.6 Å². The van der Waals surface area contributed by atoms with E-state index in [0.717, 1.165) is 16.8 Å². The molecule has 0 bridgehead atoms. The molecule has 22 heavy (non-hydrogen) atoms. The van der Waals surface area contributed by atoms with E-state index in [4.69, 9.17) is 0 Å². The van der Waals surface area contributed by atoms with Crippen molar-refractivity contribution in [1.29, 1.82) is 0 Å². The molecule has 1 heterocycles. The van der Waals surface area contributed by atoms with E-state index in [1.165, 1.54) is 23.5 Å². The van der Waals surface area contributed by atoms with Crippen molar-refractivity contribution >= 4 is 17.4 Å². The van der Waals surface area contributed by atoms with Crippen LogP contribution in [-0.2, 0) is 6.54 Å². The fourth-order valence-electron chi connectivity index (χ4n) is 1.98. The van der Waals surface area contributed by atoms with E-state index in [1.807, 2.05) is 19.2 Å². The summed E-state index contributed by atoms with van der Waals surface area (Å²) >= 11 is 1.49. The van der Waals surface area contributed by atoms with E-state index in [2.05, 4.69) is 15.6 Å². The van der Waals surface area contributed by atoms with Crippen LogP contribution in [0.3, 0.4) is 0 Å². The summed E-state index contributed by atoms with van der Waals surface area (Å²) in [5.74, 6) is -1.33. The molecule has 0 aliphatic heterocycles. The lowest BCUT2D eigenvalue weighted by Crippen LogP contribution is -2.37. The molecule has 2 N–H and O–H groups in total. The smallest absolute Gasteiger partial charge is 0.315 e. The lowest BCUT2D eigenvalue weighted by molar-refractivity contribution is 0.236. The second-order valence-corrected chi connectivity index (χ2v) is 5.78. The SMILES string of the molecule is CC[C@H](NC(=O)NCc1cc(F)cc(F)c1)c1nc(C)cs1. The lowest BCUT2D eigenvalue weighted by Gasteiger charge is -2.15. The minimum Gasteiger partial charge on any atom is -0.334 e. The van der Waals surface area contributed by atoms with Crippen molar-refractivity contribution in [3.63, 3.8) is 0 Å². The zero-order valence-corrected chi connectivity index (χ0v) is 13.1. The van der Waals surface area contributed by atoms with Gasteiger partial charge in [0.1, 0.15) is 16.6 Å². The molecule has 0 saturated carbocycles. The van der Waals surface area contributed by atoms with Crippen molar-refractivity contribution in [1.82, 2.24) is 15.6 Å². The molecule has 0 fully saturated rings. The maximum absolute atomic E-state index is 13.1. The Balaban J connectivity index is 1.91. The van der Waals surface area contributed by atoms with Gasteiger partial charge in [0.25, 0.3) is 0 Å². The number of amides is 2. The Labute approximate surface area is 131 Å². The fourth-order valence-corrected chi connectivity index (χ4v) is 2.91. The first-order valence-corrected chi connectivity index (χ1v) is 7.77. The minimum atomic E-state index is -0.665. The van der Waals surface area contributed by atoms with Gasteiger partial charge in [-0.05, 0) is 31.0 Å². The zero-order chi connectivity index (χ0) is 16.1. The summed E-state index contributed by atoms with van der Waals surface area (Å²) in [6.07, 6.45) is 0.703. The number of aromatic nitrogens is 1. The quantitative estimate of drug-likeness (QED) is 0.881. The molecule has 1 atom stereocenters. The number of urea groups is 1. The molecule has 0 radical (unpaired) electrons. The zero-order valence-electron chi connectivity index (χ0n) is 12.3. The normalized spacial score (nSPS) is 12.0. The highest BCUT2D eigenvalue weighted by atomic mass is 32.1. The molecule has 2 aromatic rings. The maximum atomic E-state index is 13.1. The van der Waals surface area contributed by atoms with Gasteiger partial charge in [0.2, 0.25) is 0 Å². The molecule has 7 heteroatoms. The molecule has 4 nitrogen and oxygen atoms in total. The molecule has 2 amide bonds. The highest BCUT2D eigenvalue weighted by Gasteiger charge is 2.15. The van der Waals surface area contributed by atoms with Gasteiger partial charge in [0, 0.05) is 23.7 Å². The van der Waals surface area contributed by atoms with Gasteiger partial charge in [-0.2, -0.15) is 0 Å². The third kappa shape index (κ3) is 4.49. The monoisotopic (exact) mass is 325 g/mol. The van der Waals surface area contributed by atoms with Crippen molar-refractivity contribution in [2.75, 3.05) is 0 Å². The van der Waals surface area contributed by atoms with Gasteiger partial charge >= 0.3 is 6.03 Å². The molecule has 0 unspecified atom stereocenters. The number of nitrogens with zero attached hydrogens (tertiary/aromatic N) is 1. The third-order valence-electron chi connectivity index (χ3n) is 3.02. The van der Waals surface area contributed by atoms with Gasteiger partial charge in [-0.1, -0.05) is 6.92 Å². The largest absolute Gasteiger partial charge is 0.334 e. The molecule has 0 aliphatic carbocycles. The molecule has 0 saturated heterocycles. The number of halogens is 2. The molecule has 0 spiro atoms. The van der Waals surface area contributed by atoms with Gasteiger partial charge in [0.05, 0.1) is 6.04 Å². The van der Waals surface area contributed by atoms with E-state index in [0.29, 0.717) is 12.0 Å². The topological polar surface area (TPSA) is 54.0 Å². The van der Waals surface area contributed by atoms with Gasteiger partial charge < -0.3 is 10.6 Å². The summed E-state index contributed by atoms with van der Waals surface area (Å²) in [5, 5.41) is 8.16. The van der Waals surface area contributed by atoms with Crippen molar-refractivity contribution in [3.05, 3.63) is 51.5 Å². The first-order valence-electron chi connectivity index (χ1n) is 6.89. The standard InChI is InChI=1S/C15H17F2N3OS/c1-3-13(14-19-9(2)8-22-14)20-15(21)18-7-10-4-11(16)6-12(17)5-10/h4-6,8,13H,3,7H2,1-2H3,(H2,18,20,21)/t13-/m0/s1. The number of nitrogens with one attached hydrogen (secondary N) is 2. The molecule has 1 aromatic carbocycles. The van der Waals surface area contributed by atoms with Crippen LogP contribution in [0.5, 0.6) is 0 Å². The van der Waals surface area contributed by atoms with E-state index in [1.54, 1.807) is 0 Å². The van der Waals surface area contributed by atoms with E-state index in [9.17, 15) is 13.6 Å². The number of hydrogen-bond donors (Lipinski definition) is 2. The lowest BCUT2D eigenvalue weighted by atomic mass is 10.2. The van der Waals surface area contributed by atoms with E-state index in [-0.39, 0.29) is 12.6 Å². The number of aryl methyl sites for hydroxylation is 1. The summed E-state index contributed by atoms with van der Waals surface area (Å²) < 4.78 is 26.1. The van der Waals surface area contributed by atoms with Crippen LogP contribution >= 0.6 is 11.3 Å². The Morgan fingerprint density at radius 3 is 2.55 bits per heavy atom. The summed E-state index contributed by atoms with van der Waals surface area (Å²) in [7, 11) is 0. The Morgan fingerprint density at radius 2 is 2.00 bits per heavy atom. The van der Waals surface area contributed by atoms with Crippen LogP contribution in [0, 0.1) is 18.6 Å². The Kier molecular flexibility index (Phi) is 5.43. The van der Waals surface area contributed by atoms with Crippen LogP contribution in [0.15, 0.2) is 23.6 Å². The number of carbonyl (C=O) groups is 1. The summed E-state index contributed by atoms with van der Waals surface area (Å²) in [5.41, 5.74) is 1.28. The second-order valence-electron chi connectivity index (χ2n) is 4.89. The number of benzene rings is 1. The Bertz CT molecular complexity index is 640. The van der Waals surface area contributed by atoms with Crippen LogP contribution in [-0.4, -0.2) is 11.0 Å². The van der Waals surface area contributed by atoms with Crippen molar-refractivity contribution < 1.29 is 13.6 Å². The average Bonchev–Trinajstić information content (AvgIpc) is 2.88. The van der Waals surface area contributed by atoms with Crippen LogP contribution in [0.1, 0.15) is 35.7 Å². The maximum Gasteiger partial charge on any atom is 0.315 e. The van der Waals surface area contributed by atoms with Crippen LogP contribution in [0.4, 0.5) is 13.6 Å². The highest BCUT2D eigenvalue weighted by Crippen LogP contribution is 2.20. The van der Waals surface area contributed by atoms with Gasteiger partial charge in [-0.25, -0.2) is 18.6 Å². The second kappa shape index (κ2) is 7.31. The molecule has 0 aliphatic rings.